The summed E-state index contributed by atoms with van der Waals surface area (Å²) in [5, 5.41) is 3.29. The predicted octanol–water partition coefficient (Wildman–Crippen LogP) is 3.94. The Morgan fingerprint density at radius 3 is 2.70 bits per heavy atom. The van der Waals surface area contributed by atoms with Crippen LogP contribution in [0.25, 0.3) is 0 Å². The van der Waals surface area contributed by atoms with E-state index in [0.717, 1.165) is 0 Å². The largest absolute Gasteiger partial charge is 0.497 e. The molecule has 27 heavy (non-hydrogen) atoms. The van der Waals surface area contributed by atoms with Gasteiger partial charge in [-0.2, -0.15) is 0 Å². The average Bonchev–Trinajstić information content (AvgIpc) is 2.66. The number of thioether (sulfide) groups is 1. The van der Waals surface area contributed by atoms with Gasteiger partial charge in [0, 0.05) is 24.2 Å². The molecule has 0 saturated carbocycles. The summed E-state index contributed by atoms with van der Waals surface area (Å²) < 4.78 is 5.10. The van der Waals surface area contributed by atoms with E-state index in [1.165, 1.54) is 16.7 Å². The van der Waals surface area contributed by atoms with Crippen LogP contribution in [0.2, 0.25) is 5.02 Å². The number of methoxy groups -OCH3 is 1. The number of hydrogen-bond acceptors (Lipinski definition) is 5. The van der Waals surface area contributed by atoms with Gasteiger partial charge in [0.1, 0.15) is 11.0 Å². The molecule has 2 aromatic rings. The van der Waals surface area contributed by atoms with Crippen LogP contribution in [0, 0.1) is 0 Å². The van der Waals surface area contributed by atoms with Gasteiger partial charge >= 0.3 is 0 Å². The minimum Gasteiger partial charge on any atom is -0.497 e. The molecule has 2 aromatic carbocycles. The lowest BCUT2D eigenvalue weighted by Crippen LogP contribution is -2.43. The summed E-state index contributed by atoms with van der Waals surface area (Å²) in [5.41, 5.74) is 1.27. The Bertz CT molecular complexity index is 886. The van der Waals surface area contributed by atoms with E-state index in [4.69, 9.17) is 16.3 Å². The van der Waals surface area contributed by atoms with E-state index in [2.05, 4.69) is 10.3 Å². The van der Waals surface area contributed by atoms with Gasteiger partial charge in [0.15, 0.2) is 5.17 Å². The van der Waals surface area contributed by atoms with Gasteiger partial charge in [0.25, 0.3) is 0 Å². The van der Waals surface area contributed by atoms with E-state index in [1.54, 1.807) is 62.7 Å². The van der Waals surface area contributed by atoms with Crippen LogP contribution in [0.15, 0.2) is 53.5 Å². The van der Waals surface area contributed by atoms with Crippen molar-refractivity contribution in [2.45, 2.75) is 11.7 Å². The number of nitrogens with one attached hydrogen (secondary N) is 1. The molecule has 0 radical (unpaired) electrons. The first kappa shape index (κ1) is 19.3. The second-order valence-electron chi connectivity index (χ2n) is 5.86. The first-order valence-corrected chi connectivity index (χ1v) is 9.44. The highest BCUT2D eigenvalue weighted by atomic mass is 35.5. The molecule has 1 fully saturated rings. The number of benzene rings is 2. The number of carbonyl (C=O) groups is 2. The summed E-state index contributed by atoms with van der Waals surface area (Å²) >= 11 is 7.24. The highest BCUT2D eigenvalue weighted by Gasteiger charge is 2.34. The van der Waals surface area contributed by atoms with Crippen molar-refractivity contribution in [2.75, 3.05) is 19.5 Å². The lowest BCUT2D eigenvalue weighted by Gasteiger charge is -2.28. The molecule has 1 saturated heterocycles. The summed E-state index contributed by atoms with van der Waals surface area (Å²) in [6, 6.07) is 14.0. The molecule has 3 rings (SSSR count). The number of anilines is 1. The van der Waals surface area contributed by atoms with Gasteiger partial charge in [-0.05, 0) is 42.5 Å². The molecule has 1 N–H and O–H groups in total. The van der Waals surface area contributed by atoms with Crippen molar-refractivity contribution < 1.29 is 14.3 Å². The Balaban J connectivity index is 1.75. The van der Waals surface area contributed by atoms with Gasteiger partial charge < -0.3 is 10.1 Å². The Morgan fingerprint density at radius 2 is 2.04 bits per heavy atom. The monoisotopic (exact) mass is 403 g/mol. The van der Waals surface area contributed by atoms with E-state index >= 15 is 0 Å². The highest BCUT2D eigenvalue weighted by molar-refractivity contribution is 8.15. The van der Waals surface area contributed by atoms with Crippen LogP contribution >= 0.6 is 23.4 Å². The van der Waals surface area contributed by atoms with Crippen molar-refractivity contribution in [3.63, 3.8) is 0 Å². The Kier molecular flexibility index (Phi) is 6.03. The third-order valence-corrected chi connectivity index (χ3v) is 5.43. The predicted molar refractivity (Wildman–Crippen MR) is 109 cm³/mol. The molecule has 1 aliphatic heterocycles. The number of amidine groups is 1. The zero-order chi connectivity index (χ0) is 19.4. The fourth-order valence-electron chi connectivity index (χ4n) is 2.45. The molecule has 1 atom stereocenters. The third-order valence-electron chi connectivity index (χ3n) is 3.95. The molecular formula is C19H18ClN3O3S. The van der Waals surface area contributed by atoms with Crippen molar-refractivity contribution in [1.82, 2.24) is 4.90 Å². The zero-order valence-electron chi connectivity index (χ0n) is 14.8. The standard InChI is InChI=1S/C19H18ClN3O3S/c1-23-17(24)11-16(18(25)21-13-6-8-15(26-2)9-7-13)27-19(23)22-14-5-3-4-12(20)10-14/h3-10,16H,11H2,1-2H3,(H,21,25)/t16-/m1/s1. The van der Waals surface area contributed by atoms with Gasteiger partial charge in [-0.3, -0.25) is 14.5 Å². The van der Waals surface area contributed by atoms with E-state index in [1.807, 2.05) is 0 Å². The zero-order valence-corrected chi connectivity index (χ0v) is 16.4. The number of rotatable bonds is 4. The molecular weight excluding hydrogens is 386 g/mol. The van der Waals surface area contributed by atoms with Gasteiger partial charge in [-0.15, -0.1) is 0 Å². The summed E-state index contributed by atoms with van der Waals surface area (Å²) in [5.74, 6) is 0.294. The number of halogens is 1. The highest BCUT2D eigenvalue weighted by Crippen LogP contribution is 2.29. The van der Waals surface area contributed by atoms with Gasteiger partial charge in [0.05, 0.1) is 12.8 Å². The summed E-state index contributed by atoms with van der Waals surface area (Å²) in [6.45, 7) is 0. The normalized spacial score (nSPS) is 18.5. The smallest absolute Gasteiger partial charge is 0.238 e. The summed E-state index contributed by atoms with van der Waals surface area (Å²) in [4.78, 5) is 30.9. The van der Waals surface area contributed by atoms with Gasteiger partial charge in [-0.1, -0.05) is 29.4 Å². The van der Waals surface area contributed by atoms with Gasteiger partial charge in [-0.25, -0.2) is 4.99 Å². The van der Waals surface area contributed by atoms with Crippen LogP contribution in [-0.2, 0) is 9.59 Å². The minimum atomic E-state index is -0.561. The van der Waals surface area contributed by atoms with Crippen LogP contribution in [0.4, 0.5) is 11.4 Å². The number of nitrogens with zero attached hydrogens (tertiary/aromatic N) is 2. The number of ether oxygens (including phenoxy) is 1. The van der Waals surface area contributed by atoms with Crippen LogP contribution in [0.3, 0.4) is 0 Å². The summed E-state index contributed by atoms with van der Waals surface area (Å²) in [6.07, 6.45) is 0.109. The maximum Gasteiger partial charge on any atom is 0.238 e. The van der Waals surface area contributed by atoms with Crippen molar-refractivity contribution in [3.05, 3.63) is 53.6 Å². The molecule has 2 amide bonds. The first-order chi connectivity index (χ1) is 13.0. The lowest BCUT2D eigenvalue weighted by molar-refractivity contribution is -0.128. The maximum absolute atomic E-state index is 12.6. The molecule has 8 heteroatoms. The molecule has 140 valence electrons. The maximum atomic E-state index is 12.6. The van der Waals surface area contributed by atoms with Crippen molar-refractivity contribution in [2.24, 2.45) is 4.99 Å². The topological polar surface area (TPSA) is 71.0 Å². The Morgan fingerprint density at radius 1 is 1.30 bits per heavy atom. The van der Waals surface area contributed by atoms with Crippen molar-refractivity contribution in [1.29, 1.82) is 0 Å². The van der Waals surface area contributed by atoms with Gasteiger partial charge in [0.2, 0.25) is 11.8 Å². The Labute approximate surface area is 166 Å². The molecule has 0 aliphatic carbocycles. The minimum absolute atomic E-state index is 0.109. The van der Waals surface area contributed by atoms with E-state index < -0.39 is 5.25 Å². The molecule has 1 heterocycles. The molecule has 1 aliphatic rings. The van der Waals surface area contributed by atoms with E-state index in [-0.39, 0.29) is 18.2 Å². The second kappa shape index (κ2) is 8.45. The number of aliphatic imine (C=N–C) groups is 1. The molecule has 0 bridgehead atoms. The molecule has 0 aromatic heterocycles. The Hall–Kier alpha value is -2.51. The third kappa shape index (κ3) is 4.81. The van der Waals surface area contributed by atoms with Crippen molar-refractivity contribution in [3.8, 4) is 5.75 Å². The fourth-order valence-corrected chi connectivity index (χ4v) is 3.70. The molecule has 0 unspecified atom stereocenters. The van der Waals surface area contributed by atoms with E-state index in [0.29, 0.717) is 27.3 Å². The molecule has 0 spiro atoms. The molecule has 6 nitrogen and oxygen atoms in total. The first-order valence-electron chi connectivity index (χ1n) is 8.18. The van der Waals surface area contributed by atoms with Crippen molar-refractivity contribution >= 4 is 51.7 Å². The summed E-state index contributed by atoms with van der Waals surface area (Å²) in [7, 11) is 3.23. The second-order valence-corrected chi connectivity index (χ2v) is 7.46. The number of carbonyl (C=O) groups excluding carboxylic acids is 2. The number of hydrogen-bond donors (Lipinski definition) is 1. The number of amides is 2. The SMILES string of the molecule is COc1ccc(NC(=O)[C@H]2CC(=O)N(C)C(=Nc3cccc(Cl)c3)S2)cc1. The van der Waals surface area contributed by atoms with Crippen LogP contribution in [-0.4, -0.2) is 41.3 Å². The van der Waals surface area contributed by atoms with E-state index in [9.17, 15) is 9.59 Å². The quantitative estimate of drug-likeness (QED) is 0.839. The lowest BCUT2D eigenvalue weighted by atomic mass is 10.2. The fraction of sp³-hybridized carbons (Fsp3) is 0.211. The van der Waals surface area contributed by atoms with Crippen LogP contribution < -0.4 is 10.1 Å². The van der Waals surface area contributed by atoms with Crippen LogP contribution in [0.5, 0.6) is 5.75 Å². The average molecular weight is 404 g/mol. The van der Waals surface area contributed by atoms with Crippen LogP contribution in [0.1, 0.15) is 6.42 Å².